The summed E-state index contributed by atoms with van der Waals surface area (Å²) < 4.78 is 0.880. The Morgan fingerprint density at radius 1 is 1.39 bits per heavy atom. The van der Waals surface area contributed by atoms with Crippen LogP contribution in [-0.4, -0.2) is 36.3 Å². The molecule has 0 atom stereocenters. The van der Waals surface area contributed by atoms with Crippen LogP contribution in [0, 0.1) is 6.92 Å². The molecule has 0 radical (unpaired) electrons. The fourth-order valence-corrected chi connectivity index (χ4v) is 2.63. The Kier molecular flexibility index (Phi) is 4.01. The molecule has 0 bridgehead atoms. The van der Waals surface area contributed by atoms with Crippen LogP contribution < -0.4 is 5.32 Å². The van der Waals surface area contributed by atoms with E-state index >= 15 is 0 Å². The van der Waals surface area contributed by atoms with Gasteiger partial charge in [0.1, 0.15) is 0 Å². The van der Waals surface area contributed by atoms with Gasteiger partial charge in [-0.1, -0.05) is 15.9 Å². The first-order valence-electron chi connectivity index (χ1n) is 5.89. The average Bonchev–Trinajstić information content (AvgIpc) is 2.51. The normalized spacial score (nSPS) is 16.1. The number of amides is 2. The summed E-state index contributed by atoms with van der Waals surface area (Å²) in [5.41, 5.74) is 1.64. The van der Waals surface area contributed by atoms with Crippen LogP contribution in [0.5, 0.6) is 0 Å². The summed E-state index contributed by atoms with van der Waals surface area (Å²) in [5, 5.41) is 2.76. The lowest BCUT2D eigenvalue weighted by atomic mass is 10.1. The van der Waals surface area contributed by atoms with Crippen LogP contribution in [0.4, 0.5) is 0 Å². The Labute approximate surface area is 114 Å². The second kappa shape index (κ2) is 5.52. The molecule has 1 N–H and O–H groups in total. The highest BCUT2D eigenvalue weighted by Gasteiger charge is 2.21. The van der Waals surface area contributed by atoms with E-state index < -0.39 is 0 Å². The molecule has 1 heterocycles. The molecule has 1 saturated heterocycles. The van der Waals surface area contributed by atoms with Crippen LogP contribution in [0.2, 0.25) is 0 Å². The van der Waals surface area contributed by atoms with Crippen molar-refractivity contribution in [3.05, 3.63) is 33.8 Å². The van der Waals surface area contributed by atoms with Crippen LogP contribution in [-0.2, 0) is 4.79 Å². The van der Waals surface area contributed by atoms with E-state index in [2.05, 4.69) is 21.2 Å². The third-order valence-corrected chi connectivity index (χ3v) is 3.30. The zero-order valence-electron chi connectivity index (χ0n) is 10.2. The highest BCUT2D eigenvalue weighted by Crippen LogP contribution is 2.17. The van der Waals surface area contributed by atoms with Gasteiger partial charge < -0.3 is 10.2 Å². The van der Waals surface area contributed by atoms with Crippen LogP contribution >= 0.6 is 15.9 Å². The van der Waals surface area contributed by atoms with Gasteiger partial charge in [-0.2, -0.15) is 0 Å². The Morgan fingerprint density at radius 2 is 2.17 bits per heavy atom. The van der Waals surface area contributed by atoms with Gasteiger partial charge in [0.25, 0.3) is 5.91 Å². The molecule has 18 heavy (non-hydrogen) atoms. The van der Waals surface area contributed by atoms with Crippen LogP contribution in [0.15, 0.2) is 22.7 Å². The van der Waals surface area contributed by atoms with Crippen molar-refractivity contribution in [2.24, 2.45) is 0 Å². The zero-order valence-corrected chi connectivity index (χ0v) is 11.8. The van der Waals surface area contributed by atoms with E-state index in [0.717, 1.165) is 16.5 Å². The van der Waals surface area contributed by atoms with Crippen LogP contribution in [0.1, 0.15) is 22.3 Å². The molecular weight excluding hydrogens is 296 g/mol. The summed E-state index contributed by atoms with van der Waals surface area (Å²) >= 11 is 3.38. The smallest absolute Gasteiger partial charge is 0.254 e. The number of aryl methyl sites for hydroxylation is 1. The van der Waals surface area contributed by atoms with E-state index in [1.165, 1.54) is 0 Å². The molecule has 2 rings (SSSR count). The molecule has 1 fully saturated rings. The summed E-state index contributed by atoms with van der Waals surface area (Å²) in [5.74, 6) is -0.177. The van der Waals surface area contributed by atoms with E-state index in [9.17, 15) is 9.59 Å². The number of carbonyl (C=O) groups is 2. The van der Waals surface area contributed by atoms with E-state index in [0.29, 0.717) is 18.7 Å². The van der Waals surface area contributed by atoms with Crippen molar-refractivity contribution in [2.45, 2.75) is 13.3 Å². The Balaban J connectivity index is 2.21. The number of halogens is 1. The topological polar surface area (TPSA) is 49.4 Å². The maximum atomic E-state index is 12.3. The number of nitrogens with one attached hydrogen (secondary N) is 1. The monoisotopic (exact) mass is 310 g/mol. The fourth-order valence-electron chi connectivity index (χ4n) is 2.02. The molecule has 5 heteroatoms. The molecule has 96 valence electrons. The van der Waals surface area contributed by atoms with E-state index in [-0.39, 0.29) is 18.4 Å². The summed E-state index contributed by atoms with van der Waals surface area (Å²) in [6, 6.07) is 5.58. The number of hydrogen-bond donors (Lipinski definition) is 1. The molecule has 1 aromatic rings. The highest BCUT2D eigenvalue weighted by atomic mass is 79.9. The Bertz CT molecular complexity index is 468. The minimum Gasteiger partial charge on any atom is -0.354 e. The largest absolute Gasteiger partial charge is 0.354 e. The lowest BCUT2D eigenvalue weighted by Gasteiger charge is -2.19. The van der Waals surface area contributed by atoms with Crippen molar-refractivity contribution in [1.29, 1.82) is 0 Å². The first-order chi connectivity index (χ1) is 8.56. The van der Waals surface area contributed by atoms with Gasteiger partial charge in [0.15, 0.2) is 0 Å². The molecule has 4 nitrogen and oxygen atoms in total. The predicted octanol–water partition coefficient (Wildman–Crippen LogP) is 1.72. The predicted molar refractivity (Wildman–Crippen MR) is 72.4 cm³/mol. The summed E-state index contributed by atoms with van der Waals surface area (Å²) in [6.45, 7) is 3.34. The third kappa shape index (κ3) is 3.10. The molecule has 0 aliphatic carbocycles. The van der Waals surface area contributed by atoms with Gasteiger partial charge in [0.05, 0.1) is 6.54 Å². The molecule has 1 aliphatic rings. The molecule has 1 aromatic carbocycles. The summed E-state index contributed by atoms with van der Waals surface area (Å²) in [6.07, 6.45) is 0.796. The molecular formula is C13H15BrN2O2. The first kappa shape index (κ1) is 13.1. The molecule has 1 aliphatic heterocycles. The number of rotatable bonds is 1. The van der Waals surface area contributed by atoms with Crippen molar-refractivity contribution < 1.29 is 9.59 Å². The molecule has 0 unspecified atom stereocenters. The zero-order chi connectivity index (χ0) is 13.1. The molecule has 0 aromatic heterocycles. The second-order valence-corrected chi connectivity index (χ2v) is 5.36. The van der Waals surface area contributed by atoms with Crippen molar-refractivity contribution >= 4 is 27.7 Å². The minimum atomic E-state index is -0.0902. The summed E-state index contributed by atoms with van der Waals surface area (Å²) in [7, 11) is 0. The van der Waals surface area contributed by atoms with Crippen LogP contribution in [0.3, 0.4) is 0 Å². The van der Waals surface area contributed by atoms with Gasteiger partial charge >= 0.3 is 0 Å². The van der Waals surface area contributed by atoms with E-state index in [4.69, 9.17) is 0 Å². The van der Waals surface area contributed by atoms with Gasteiger partial charge in [0.2, 0.25) is 5.91 Å². The van der Waals surface area contributed by atoms with E-state index in [1.54, 1.807) is 11.0 Å². The van der Waals surface area contributed by atoms with Crippen molar-refractivity contribution in [2.75, 3.05) is 19.6 Å². The lowest BCUT2D eigenvalue weighted by Crippen LogP contribution is -2.37. The van der Waals surface area contributed by atoms with Crippen molar-refractivity contribution in [3.63, 3.8) is 0 Å². The summed E-state index contributed by atoms with van der Waals surface area (Å²) in [4.78, 5) is 25.4. The van der Waals surface area contributed by atoms with E-state index in [1.807, 2.05) is 19.1 Å². The lowest BCUT2D eigenvalue weighted by molar-refractivity contribution is -0.121. The van der Waals surface area contributed by atoms with Gasteiger partial charge in [0, 0.05) is 23.1 Å². The number of carbonyl (C=O) groups excluding carboxylic acids is 2. The van der Waals surface area contributed by atoms with Gasteiger partial charge in [-0.15, -0.1) is 0 Å². The molecule has 0 saturated carbocycles. The van der Waals surface area contributed by atoms with Gasteiger partial charge in [-0.25, -0.2) is 0 Å². The quantitative estimate of drug-likeness (QED) is 0.858. The fraction of sp³-hybridized carbons (Fsp3) is 0.385. The SMILES string of the molecule is Cc1cc(Br)cc(C(=O)N2CCCNC(=O)C2)c1. The van der Waals surface area contributed by atoms with Gasteiger partial charge in [-0.3, -0.25) is 9.59 Å². The number of hydrogen-bond acceptors (Lipinski definition) is 2. The van der Waals surface area contributed by atoms with Crippen LogP contribution in [0.25, 0.3) is 0 Å². The minimum absolute atomic E-state index is 0.0866. The molecule has 2 amide bonds. The first-order valence-corrected chi connectivity index (χ1v) is 6.69. The molecule has 0 spiro atoms. The Morgan fingerprint density at radius 3 is 2.89 bits per heavy atom. The Hall–Kier alpha value is -1.36. The van der Waals surface area contributed by atoms with Crippen molar-refractivity contribution in [3.8, 4) is 0 Å². The average molecular weight is 311 g/mol. The second-order valence-electron chi connectivity index (χ2n) is 4.45. The van der Waals surface area contributed by atoms with Crippen molar-refractivity contribution in [1.82, 2.24) is 10.2 Å². The maximum absolute atomic E-state index is 12.3. The third-order valence-electron chi connectivity index (χ3n) is 2.84. The van der Waals surface area contributed by atoms with Gasteiger partial charge in [-0.05, 0) is 37.1 Å². The number of benzene rings is 1. The maximum Gasteiger partial charge on any atom is 0.254 e. The number of nitrogens with zero attached hydrogens (tertiary/aromatic N) is 1. The highest BCUT2D eigenvalue weighted by molar-refractivity contribution is 9.10. The standard InChI is InChI=1S/C13H15BrN2O2/c1-9-5-10(7-11(14)6-9)13(18)16-4-2-3-15-12(17)8-16/h5-7H,2-4,8H2,1H3,(H,15,17).